The molecule has 2 aromatic rings. The highest BCUT2D eigenvalue weighted by atomic mass is 35.5. The van der Waals surface area contributed by atoms with Gasteiger partial charge in [-0.2, -0.15) is 0 Å². The zero-order valence-electron chi connectivity index (χ0n) is 15.2. The average molecular weight is 454 g/mol. The van der Waals surface area contributed by atoms with Crippen LogP contribution in [-0.2, 0) is 9.59 Å². The Morgan fingerprint density at radius 3 is 2.41 bits per heavy atom. The maximum Gasteiger partial charge on any atom is 0.335 e. The Bertz CT molecular complexity index is 1040. The van der Waals surface area contributed by atoms with Gasteiger partial charge in [0.1, 0.15) is 11.3 Å². The Balaban J connectivity index is 1.95. The fourth-order valence-electron chi connectivity index (χ4n) is 2.62. The number of benzene rings is 2. The van der Waals surface area contributed by atoms with Gasteiger partial charge >= 0.3 is 6.03 Å². The van der Waals surface area contributed by atoms with E-state index in [0.717, 1.165) is 11.3 Å². The van der Waals surface area contributed by atoms with E-state index in [9.17, 15) is 14.4 Å². The summed E-state index contributed by atoms with van der Waals surface area (Å²) in [6, 6.07) is 8.27. The number of ether oxygens (including phenoxy) is 1. The molecule has 4 amide bonds. The molecule has 150 valence electrons. The molecule has 0 bridgehead atoms. The quantitative estimate of drug-likeness (QED) is 0.505. The number of urea groups is 1. The van der Waals surface area contributed by atoms with Gasteiger partial charge < -0.3 is 4.74 Å². The standard InChI is InChI=1S/C20H15Cl3N2O4/c1-2-7-29-17-6-3-11(9-16(17)23)8-13-18(26)24-20(28)25(19(13)27)12-4-5-14(21)15(22)10-12/h3-6,8-10H,2,7H2,1H3,(H,24,26,28)/b13-8+. The van der Waals surface area contributed by atoms with Gasteiger partial charge in [-0.05, 0) is 48.4 Å². The molecule has 1 heterocycles. The summed E-state index contributed by atoms with van der Waals surface area (Å²) in [5.41, 5.74) is 0.455. The Hall–Kier alpha value is -2.54. The van der Waals surface area contributed by atoms with E-state index in [2.05, 4.69) is 5.32 Å². The van der Waals surface area contributed by atoms with E-state index in [1.54, 1.807) is 18.2 Å². The number of barbiturate groups is 1. The lowest BCUT2D eigenvalue weighted by atomic mass is 10.1. The van der Waals surface area contributed by atoms with E-state index in [4.69, 9.17) is 39.5 Å². The van der Waals surface area contributed by atoms with Gasteiger partial charge in [-0.3, -0.25) is 14.9 Å². The first kappa shape index (κ1) is 21.2. The van der Waals surface area contributed by atoms with Gasteiger partial charge in [0, 0.05) is 0 Å². The summed E-state index contributed by atoms with van der Waals surface area (Å²) in [5, 5.41) is 2.92. The molecule has 0 saturated carbocycles. The zero-order chi connectivity index (χ0) is 21.1. The second kappa shape index (κ2) is 8.86. The minimum absolute atomic E-state index is 0.168. The van der Waals surface area contributed by atoms with Crippen LogP contribution in [0.4, 0.5) is 10.5 Å². The molecule has 0 atom stereocenters. The smallest absolute Gasteiger partial charge is 0.335 e. The van der Waals surface area contributed by atoms with E-state index >= 15 is 0 Å². The molecule has 1 aliphatic rings. The van der Waals surface area contributed by atoms with Crippen molar-refractivity contribution in [3.05, 3.63) is 62.6 Å². The second-order valence-corrected chi connectivity index (χ2v) is 7.32. The monoisotopic (exact) mass is 452 g/mol. The first-order valence-electron chi connectivity index (χ1n) is 8.60. The molecule has 0 aliphatic carbocycles. The van der Waals surface area contributed by atoms with Crippen molar-refractivity contribution >= 4 is 64.4 Å². The minimum Gasteiger partial charge on any atom is -0.492 e. The third kappa shape index (κ3) is 4.56. The highest BCUT2D eigenvalue weighted by Gasteiger charge is 2.37. The predicted molar refractivity (Wildman–Crippen MR) is 113 cm³/mol. The fraction of sp³-hybridized carbons (Fsp3) is 0.150. The molecule has 1 saturated heterocycles. The van der Waals surface area contributed by atoms with Gasteiger partial charge in [-0.1, -0.05) is 47.8 Å². The maximum absolute atomic E-state index is 12.9. The lowest BCUT2D eigenvalue weighted by Crippen LogP contribution is -2.54. The van der Waals surface area contributed by atoms with Crippen LogP contribution in [0, 0.1) is 0 Å². The normalized spacial score (nSPS) is 15.7. The number of anilines is 1. The number of carbonyl (C=O) groups is 3. The lowest BCUT2D eigenvalue weighted by molar-refractivity contribution is -0.122. The van der Waals surface area contributed by atoms with Crippen LogP contribution in [0.25, 0.3) is 6.08 Å². The van der Waals surface area contributed by atoms with Crippen molar-refractivity contribution in [1.82, 2.24) is 5.32 Å². The molecule has 0 aromatic heterocycles. The van der Waals surface area contributed by atoms with Crippen molar-refractivity contribution in [2.75, 3.05) is 11.5 Å². The molecule has 0 unspecified atom stereocenters. The number of amides is 4. The van der Waals surface area contributed by atoms with Crippen LogP contribution in [0.15, 0.2) is 42.0 Å². The van der Waals surface area contributed by atoms with Crippen LogP contribution in [-0.4, -0.2) is 24.5 Å². The van der Waals surface area contributed by atoms with Crippen molar-refractivity contribution < 1.29 is 19.1 Å². The van der Waals surface area contributed by atoms with Crippen LogP contribution in [0.5, 0.6) is 5.75 Å². The number of hydrogen-bond acceptors (Lipinski definition) is 4. The fourth-order valence-corrected chi connectivity index (χ4v) is 3.15. The molecule has 1 aliphatic heterocycles. The molecule has 6 nitrogen and oxygen atoms in total. The molecule has 3 rings (SSSR count). The maximum atomic E-state index is 12.9. The summed E-state index contributed by atoms with van der Waals surface area (Å²) < 4.78 is 5.51. The van der Waals surface area contributed by atoms with Gasteiger partial charge in [0.2, 0.25) is 0 Å². The third-order valence-corrected chi connectivity index (χ3v) is 5.03. The molecule has 9 heteroatoms. The van der Waals surface area contributed by atoms with Crippen LogP contribution in [0.2, 0.25) is 15.1 Å². The number of halogens is 3. The summed E-state index contributed by atoms with van der Waals surface area (Å²) in [5.74, 6) is -1.10. The number of carbonyl (C=O) groups excluding carboxylic acids is 3. The van der Waals surface area contributed by atoms with Crippen molar-refractivity contribution in [3.63, 3.8) is 0 Å². The molecule has 0 spiro atoms. The molecular formula is C20H15Cl3N2O4. The summed E-state index contributed by atoms with van der Waals surface area (Å²) in [4.78, 5) is 38.2. The van der Waals surface area contributed by atoms with Crippen molar-refractivity contribution in [2.45, 2.75) is 13.3 Å². The van der Waals surface area contributed by atoms with Gasteiger partial charge in [-0.25, -0.2) is 9.69 Å². The van der Waals surface area contributed by atoms with Gasteiger partial charge in [0.25, 0.3) is 11.8 Å². The highest BCUT2D eigenvalue weighted by Crippen LogP contribution is 2.30. The average Bonchev–Trinajstić information content (AvgIpc) is 2.67. The van der Waals surface area contributed by atoms with Crippen LogP contribution in [0.3, 0.4) is 0 Å². The first-order valence-corrected chi connectivity index (χ1v) is 9.74. The molecule has 1 fully saturated rings. The van der Waals surface area contributed by atoms with Crippen LogP contribution in [0.1, 0.15) is 18.9 Å². The zero-order valence-corrected chi connectivity index (χ0v) is 17.4. The summed E-state index contributed by atoms with van der Waals surface area (Å²) in [6.07, 6.45) is 2.18. The number of imide groups is 2. The number of hydrogen-bond donors (Lipinski definition) is 1. The van der Waals surface area contributed by atoms with E-state index in [1.807, 2.05) is 6.92 Å². The molecular weight excluding hydrogens is 439 g/mol. The lowest BCUT2D eigenvalue weighted by Gasteiger charge is -2.26. The van der Waals surface area contributed by atoms with Gasteiger partial charge in [-0.15, -0.1) is 0 Å². The minimum atomic E-state index is -0.878. The summed E-state index contributed by atoms with van der Waals surface area (Å²) in [7, 11) is 0. The largest absolute Gasteiger partial charge is 0.492 e. The Labute approximate surface area is 182 Å². The van der Waals surface area contributed by atoms with Crippen LogP contribution >= 0.6 is 34.8 Å². The molecule has 2 aromatic carbocycles. The number of nitrogens with zero attached hydrogens (tertiary/aromatic N) is 1. The molecule has 1 N–H and O–H groups in total. The van der Waals surface area contributed by atoms with Crippen molar-refractivity contribution in [3.8, 4) is 5.75 Å². The second-order valence-electron chi connectivity index (χ2n) is 6.09. The predicted octanol–water partition coefficient (Wildman–Crippen LogP) is 5.10. The van der Waals surface area contributed by atoms with E-state index in [-0.39, 0.29) is 21.3 Å². The van der Waals surface area contributed by atoms with E-state index < -0.39 is 17.8 Å². The van der Waals surface area contributed by atoms with E-state index in [1.165, 1.54) is 24.3 Å². The Kier molecular flexibility index (Phi) is 6.47. The number of nitrogens with one attached hydrogen (secondary N) is 1. The van der Waals surface area contributed by atoms with Crippen molar-refractivity contribution in [1.29, 1.82) is 0 Å². The topological polar surface area (TPSA) is 75.7 Å². The van der Waals surface area contributed by atoms with Gasteiger partial charge in [0.15, 0.2) is 0 Å². The van der Waals surface area contributed by atoms with Crippen LogP contribution < -0.4 is 15.0 Å². The summed E-state index contributed by atoms with van der Waals surface area (Å²) in [6.45, 7) is 2.49. The first-order chi connectivity index (χ1) is 13.8. The molecule has 0 radical (unpaired) electrons. The summed E-state index contributed by atoms with van der Waals surface area (Å²) >= 11 is 18.1. The van der Waals surface area contributed by atoms with E-state index in [0.29, 0.717) is 22.9 Å². The highest BCUT2D eigenvalue weighted by molar-refractivity contribution is 6.43. The SMILES string of the molecule is CCCOc1ccc(/C=C2\C(=O)NC(=O)N(c3ccc(Cl)c(Cl)c3)C2=O)cc1Cl. The third-order valence-electron chi connectivity index (χ3n) is 3.99. The van der Waals surface area contributed by atoms with Gasteiger partial charge in [0.05, 0.1) is 27.4 Å². The van der Waals surface area contributed by atoms with Crippen molar-refractivity contribution in [2.24, 2.45) is 0 Å². The Morgan fingerprint density at radius 2 is 1.76 bits per heavy atom. The molecule has 29 heavy (non-hydrogen) atoms. The number of rotatable bonds is 5. The Morgan fingerprint density at radius 1 is 1.00 bits per heavy atom.